The molecule has 0 radical (unpaired) electrons. The predicted molar refractivity (Wildman–Crippen MR) is 70.6 cm³/mol. The molecule has 1 fully saturated rings. The molecular formula is C15H27N. The van der Waals surface area contributed by atoms with E-state index in [1.54, 1.807) is 5.57 Å². The van der Waals surface area contributed by atoms with Crippen LogP contribution in [-0.4, -0.2) is 25.0 Å². The Morgan fingerprint density at radius 2 is 1.88 bits per heavy atom. The van der Waals surface area contributed by atoms with Crippen LogP contribution in [-0.2, 0) is 0 Å². The zero-order chi connectivity index (χ0) is 11.5. The Hall–Kier alpha value is -0.300. The quantitative estimate of drug-likeness (QED) is 0.640. The van der Waals surface area contributed by atoms with Crippen molar-refractivity contribution in [3.05, 3.63) is 11.1 Å². The Morgan fingerprint density at radius 1 is 1.19 bits per heavy atom. The highest BCUT2D eigenvalue weighted by Crippen LogP contribution is 2.37. The molecule has 0 spiro atoms. The van der Waals surface area contributed by atoms with Gasteiger partial charge in [-0.25, -0.2) is 0 Å². The van der Waals surface area contributed by atoms with E-state index in [4.69, 9.17) is 0 Å². The minimum Gasteiger partial charge on any atom is -0.302 e. The van der Waals surface area contributed by atoms with Gasteiger partial charge in [0.2, 0.25) is 0 Å². The first-order valence-corrected chi connectivity index (χ1v) is 7.10. The Labute approximate surface area is 101 Å². The molecule has 0 bridgehead atoms. The first-order valence-electron chi connectivity index (χ1n) is 7.10. The van der Waals surface area contributed by atoms with Crippen molar-refractivity contribution in [1.82, 2.24) is 4.90 Å². The van der Waals surface area contributed by atoms with E-state index in [1.807, 2.05) is 5.57 Å². The van der Waals surface area contributed by atoms with E-state index >= 15 is 0 Å². The molecule has 16 heavy (non-hydrogen) atoms. The monoisotopic (exact) mass is 221 g/mol. The molecule has 0 aromatic rings. The van der Waals surface area contributed by atoms with Crippen molar-refractivity contribution < 1.29 is 0 Å². The van der Waals surface area contributed by atoms with Crippen molar-refractivity contribution in [1.29, 1.82) is 0 Å². The van der Waals surface area contributed by atoms with E-state index < -0.39 is 0 Å². The van der Waals surface area contributed by atoms with E-state index in [9.17, 15) is 0 Å². The first kappa shape index (κ1) is 12.2. The summed E-state index contributed by atoms with van der Waals surface area (Å²) in [5.74, 6) is 1.90. The highest BCUT2D eigenvalue weighted by Gasteiger charge is 2.26. The lowest BCUT2D eigenvalue weighted by Gasteiger charge is -2.35. The lowest BCUT2D eigenvalue weighted by Crippen LogP contribution is -2.31. The fraction of sp³-hybridized carbons (Fsp3) is 0.867. The van der Waals surface area contributed by atoms with Gasteiger partial charge in [0.1, 0.15) is 0 Å². The van der Waals surface area contributed by atoms with Crippen molar-refractivity contribution >= 4 is 0 Å². The minimum absolute atomic E-state index is 0.925. The Bertz CT molecular complexity index is 259. The molecule has 0 aromatic carbocycles. The van der Waals surface area contributed by atoms with E-state index in [0.29, 0.717) is 0 Å². The number of nitrogens with zero attached hydrogens (tertiary/aromatic N) is 1. The average molecular weight is 221 g/mol. The van der Waals surface area contributed by atoms with Crippen LogP contribution in [0.5, 0.6) is 0 Å². The first-order chi connectivity index (χ1) is 7.70. The van der Waals surface area contributed by atoms with Crippen molar-refractivity contribution in [3.63, 3.8) is 0 Å². The summed E-state index contributed by atoms with van der Waals surface area (Å²) in [6, 6.07) is 0. The van der Waals surface area contributed by atoms with Crippen LogP contribution < -0.4 is 0 Å². The molecule has 1 heterocycles. The van der Waals surface area contributed by atoms with Crippen LogP contribution in [0.3, 0.4) is 0 Å². The van der Waals surface area contributed by atoms with E-state index in [2.05, 4.69) is 25.8 Å². The third-order valence-electron chi connectivity index (χ3n) is 4.63. The summed E-state index contributed by atoms with van der Waals surface area (Å²) >= 11 is 0. The molecule has 0 saturated heterocycles. The molecule has 0 N–H and O–H groups in total. The normalized spacial score (nSPS) is 33.2. The van der Waals surface area contributed by atoms with Crippen molar-refractivity contribution in [2.24, 2.45) is 11.8 Å². The van der Waals surface area contributed by atoms with Gasteiger partial charge >= 0.3 is 0 Å². The topological polar surface area (TPSA) is 3.24 Å². The molecule has 1 saturated carbocycles. The van der Waals surface area contributed by atoms with Gasteiger partial charge in [-0.1, -0.05) is 37.8 Å². The molecule has 92 valence electrons. The van der Waals surface area contributed by atoms with Gasteiger partial charge in [-0.05, 0) is 44.6 Å². The summed E-state index contributed by atoms with van der Waals surface area (Å²) in [6.07, 6.45) is 8.43. The lowest BCUT2D eigenvalue weighted by molar-refractivity contribution is 0.276. The molecule has 1 nitrogen and oxygen atoms in total. The summed E-state index contributed by atoms with van der Waals surface area (Å²) in [5.41, 5.74) is 3.61. The maximum atomic E-state index is 2.51. The second kappa shape index (κ2) is 5.35. The number of likely N-dealkylation sites (N-methyl/N-ethyl adjacent to an activating group) is 1. The second-order valence-corrected chi connectivity index (χ2v) is 5.93. The van der Waals surface area contributed by atoms with Crippen LogP contribution in [0.2, 0.25) is 0 Å². The largest absolute Gasteiger partial charge is 0.302 e. The highest BCUT2D eigenvalue weighted by molar-refractivity contribution is 5.22. The maximum absolute atomic E-state index is 2.51. The van der Waals surface area contributed by atoms with Gasteiger partial charge in [-0.15, -0.1) is 0 Å². The minimum atomic E-state index is 0.925. The molecule has 1 heteroatoms. The summed E-state index contributed by atoms with van der Waals surface area (Å²) in [4.78, 5) is 2.51. The maximum Gasteiger partial charge on any atom is 0.0195 e. The van der Waals surface area contributed by atoms with Gasteiger partial charge in [0.25, 0.3) is 0 Å². The highest BCUT2D eigenvalue weighted by atomic mass is 15.1. The van der Waals surface area contributed by atoms with Crippen LogP contribution >= 0.6 is 0 Å². The number of rotatable bonds is 2. The van der Waals surface area contributed by atoms with Gasteiger partial charge in [0.05, 0.1) is 0 Å². The van der Waals surface area contributed by atoms with Gasteiger partial charge < -0.3 is 4.90 Å². The summed E-state index contributed by atoms with van der Waals surface area (Å²) in [6.45, 7) is 7.28. The van der Waals surface area contributed by atoms with E-state index in [-0.39, 0.29) is 0 Å². The van der Waals surface area contributed by atoms with E-state index in [0.717, 1.165) is 11.8 Å². The van der Waals surface area contributed by atoms with Crippen LogP contribution in [0.4, 0.5) is 0 Å². The molecule has 0 unspecified atom stereocenters. The SMILES string of the molecule is CCC1=C(C2CCC(C)CC2)CN(C)CC1. The van der Waals surface area contributed by atoms with Crippen molar-refractivity contribution in [3.8, 4) is 0 Å². The fourth-order valence-corrected chi connectivity index (χ4v) is 3.40. The summed E-state index contributed by atoms with van der Waals surface area (Å²) < 4.78 is 0. The molecule has 2 aliphatic rings. The standard InChI is InChI=1S/C15H27N/c1-4-13-9-10-16(3)11-15(13)14-7-5-12(2)6-8-14/h12,14H,4-11H2,1-3H3. The van der Waals surface area contributed by atoms with Gasteiger partial charge in [0, 0.05) is 13.1 Å². The lowest BCUT2D eigenvalue weighted by atomic mass is 9.76. The number of hydrogen-bond donors (Lipinski definition) is 0. The Balaban J connectivity index is 2.07. The summed E-state index contributed by atoms with van der Waals surface area (Å²) in [5, 5.41) is 0. The third kappa shape index (κ3) is 2.68. The van der Waals surface area contributed by atoms with Crippen LogP contribution in [0, 0.1) is 11.8 Å². The van der Waals surface area contributed by atoms with Gasteiger partial charge in [0.15, 0.2) is 0 Å². The smallest absolute Gasteiger partial charge is 0.0195 e. The van der Waals surface area contributed by atoms with Crippen LogP contribution in [0.15, 0.2) is 11.1 Å². The zero-order valence-corrected chi connectivity index (χ0v) is 11.3. The molecule has 2 rings (SSSR count). The van der Waals surface area contributed by atoms with Crippen LogP contribution in [0.25, 0.3) is 0 Å². The summed E-state index contributed by atoms with van der Waals surface area (Å²) in [7, 11) is 2.28. The zero-order valence-electron chi connectivity index (χ0n) is 11.3. The molecule has 0 atom stereocenters. The predicted octanol–water partition coefficient (Wildman–Crippen LogP) is 3.85. The molecular weight excluding hydrogens is 194 g/mol. The Kier molecular flexibility index (Phi) is 4.07. The molecule has 1 aliphatic carbocycles. The molecule has 0 amide bonds. The fourth-order valence-electron chi connectivity index (χ4n) is 3.40. The van der Waals surface area contributed by atoms with Crippen molar-refractivity contribution in [2.45, 2.75) is 52.4 Å². The van der Waals surface area contributed by atoms with E-state index in [1.165, 1.54) is 51.6 Å². The number of hydrogen-bond acceptors (Lipinski definition) is 1. The van der Waals surface area contributed by atoms with Crippen LogP contribution in [0.1, 0.15) is 52.4 Å². The Morgan fingerprint density at radius 3 is 2.50 bits per heavy atom. The second-order valence-electron chi connectivity index (χ2n) is 5.93. The third-order valence-corrected chi connectivity index (χ3v) is 4.63. The van der Waals surface area contributed by atoms with Gasteiger partial charge in [-0.3, -0.25) is 0 Å². The molecule has 1 aliphatic heterocycles. The molecule has 0 aromatic heterocycles. The average Bonchev–Trinajstić information content (AvgIpc) is 2.30. The van der Waals surface area contributed by atoms with Gasteiger partial charge in [-0.2, -0.15) is 0 Å². The van der Waals surface area contributed by atoms with Crippen molar-refractivity contribution in [2.75, 3.05) is 20.1 Å².